The average molecular weight is 358 g/mol. The molecule has 1 aliphatic carbocycles. The number of aliphatic hydroxyl groups is 1. The van der Waals surface area contributed by atoms with E-state index in [4.69, 9.17) is 0 Å². The van der Waals surface area contributed by atoms with Gasteiger partial charge in [0.05, 0.1) is 11.8 Å². The van der Waals surface area contributed by atoms with Crippen LogP contribution in [0.1, 0.15) is 45.2 Å². The van der Waals surface area contributed by atoms with Gasteiger partial charge in [-0.3, -0.25) is 0 Å². The number of aromatic nitrogens is 2. The van der Waals surface area contributed by atoms with Crippen molar-refractivity contribution in [3.05, 3.63) is 48.1 Å². The SMILES string of the molecule is CC.CN/C=C\C=C1/CNC=C1c1ccnc(NC2CCC(O)CC2)n1. The molecule has 0 saturated heterocycles. The Kier molecular flexibility index (Phi) is 8.15. The summed E-state index contributed by atoms with van der Waals surface area (Å²) in [6.07, 6.45) is 13.2. The molecule has 0 amide bonds. The molecule has 1 saturated carbocycles. The van der Waals surface area contributed by atoms with Gasteiger partial charge in [-0.1, -0.05) is 19.9 Å². The molecule has 0 aromatic carbocycles. The number of rotatable bonds is 5. The van der Waals surface area contributed by atoms with Crippen LogP contribution < -0.4 is 16.0 Å². The molecular weight excluding hydrogens is 326 g/mol. The highest BCUT2D eigenvalue weighted by Crippen LogP contribution is 2.26. The summed E-state index contributed by atoms with van der Waals surface area (Å²) in [5, 5.41) is 19.3. The number of nitrogens with one attached hydrogen (secondary N) is 3. The average Bonchev–Trinajstić information content (AvgIpc) is 3.14. The second-order valence-corrected chi connectivity index (χ2v) is 6.19. The van der Waals surface area contributed by atoms with Crippen molar-refractivity contribution in [2.24, 2.45) is 0 Å². The normalized spacial score (nSPS) is 23.8. The first-order valence-corrected chi connectivity index (χ1v) is 9.51. The lowest BCUT2D eigenvalue weighted by Gasteiger charge is -2.26. The van der Waals surface area contributed by atoms with E-state index in [0.717, 1.165) is 43.5 Å². The van der Waals surface area contributed by atoms with Crippen LogP contribution in [-0.2, 0) is 0 Å². The lowest BCUT2D eigenvalue weighted by atomic mass is 9.93. The van der Waals surface area contributed by atoms with E-state index < -0.39 is 0 Å². The van der Waals surface area contributed by atoms with E-state index >= 15 is 0 Å². The molecule has 0 bridgehead atoms. The van der Waals surface area contributed by atoms with Crippen LogP contribution in [0.3, 0.4) is 0 Å². The van der Waals surface area contributed by atoms with Crippen LogP contribution in [0.4, 0.5) is 5.95 Å². The topological polar surface area (TPSA) is 82.1 Å². The van der Waals surface area contributed by atoms with Crippen LogP contribution in [0.5, 0.6) is 0 Å². The third-order valence-electron chi connectivity index (χ3n) is 4.41. The van der Waals surface area contributed by atoms with Gasteiger partial charge in [0.2, 0.25) is 5.95 Å². The Hall–Kier alpha value is -2.34. The van der Waals surface area contributed by atoms with Gasteiger partial charge in [0, 0.05) is 37.6 Å². The fourth-order valence-electron chi connectivity index (χ4n) is 3.08. The Morgan fingerprint density at radius 1 is 1.23 bits per heavy atom. The van der Waals surface area contributed by atoms with Crippen LogP contribution in [0, 0.1) is 0 Å². The zero-order valence-electron chi connectivity index (χ0n) is 16.0. The zero-order valence-corrected chi connectivity index (χ0v) is 16.0. The number of aliphatic hydroxyl groups excluding tert-OH is 1. The molecule has 2 aliphatic rings. The van der Waals surface area contributed by atoms with Crippen molar-refractivity contribution in [3.63, 3.8) is 0 Å². The van der Waals surface area contributed by atoms with E-state index in [0.29, 0.717) is 12.0 Å². The van der Waals surface area contributed by atoms with Crippen molar-refractivity contribution in [2.75, 3.05) is 18.9 Å². The molecule has 1 fully saturated rings. The van der Waals surface area contributed by atoms with Crippen LogP contribution in [0.25, 0.3) is 5.57 Å². The molecule has 0 radical (unpaired) electrons. The van der Waals surface area contributed by atoms with Crippen LogP contribution >= 0.6 is 0 Å². The second-order valence-electron chi connectivity index (χ2n) is 6.19. The maximum atomic E-state index is 9.61. The summed E-state index contributed by atoms with van der Waals surface area (Å²) in [6, 6.07) is 2.28. The quantitative estimate of drug-likeness (QED) is 0.649. The van der Waals surface area contributed by atoms with E-state index in [1.165, 1.54) is 5.57 Å². The van der Waals surface area contributed by atoms with Gasteiger partial charge >= 0.3 is 0 Å². The fraction of sp³-hybridized carbons (Fsp3) is 0.500. The predicted molar refractivity (Wildman–Crippen MR) is 108 cm³/mol. The molecule has 0 atom stereocenters. The van der Waals surface area contributed by atoms with Crippen molar-refractivity contribution < 1.29 is 5.11 Å². The van der Waals surface area contributed by atoms with E-state index in [2.05, 4.69) is 32.0 Å². The predicted octanol–water partition coefficient (Wildman–Crippen LogP) is 2.82. The van der Waals surface area contributed by atoms with Gasteiger partial charge in [0.25, 0.3) is 0 Å². The van der Waals surface area contributed by atoms with Gasteiger partial charge in [0.15, 0.2) is 0 Å². The minimum absolute atomic E-state index is 0.150. The van der Waals surface area contributed by atoms with Gasteiger partial charge in [-0.15, -0.1) is 0 Å². The summed E-state index contributed by atoms with van der Waals surface area (Å²) in [4.78, 5) is 9.02. The number of hydrogen-bond acceptors (Lipinski definition) is 6. The summed E-state index contributed by atoms with van der Waals surface area (Å²) in [5.74, 6) is 0.659. The molecule has 26 heavy (non-hydrogen) atoms. The fourth-order valence-corrected chi connectivity index (χ4v) is 3.08. The number of anilines is 1. The van der Waals surface area contributed by atoms with Gasteiger partial charge in [-0.2, -0.15) is 0 Å². The van der Waals surface area contributed by atoms with Crippen LogP contribution in [-0.4, -0.2) is 40.8 Å². The van der Waals surface area contributed by atoms with Crippen LogP contribution in [0.15, 0.2) is 42.4 Å². The van der Waals surface area contributed by atoms with Gasteiger partial charge in [-0.25, -0.2) is 9.97 Å². The molecular formula is C20H31N5O. The van der Waals surface area contributed by atoms with E-state index in [1.807, 2.05) is 45.4 Å². The lowest BCUT2D eigenvalue weighted by Crippen LogP contribution is -2.29. The molecule has 0 spiro atoms. The zero-order chi connectivity index (χ0) is 18.8. The first-order valence-electron chi connectivity index (χ1n) is 9.51. The van der Waals surface area contributed by atoms with Crippen molar-refractivity contribution in [2.45, 2.75) is 51.7 Å². The van der Waals surface area contributed by atoms with Gasteiger partial charge in [-0.05, 0) is 49.6 Å². The third-order valence-corrected chi connectivity index (χ3v) is 4.41. The Balaban J connectivity index is 0.00000117. The Labute approximate surface area is 156 Å². The van der Waals surface area contributed by atoms with Crippen molar-refractivity contribution in [1.82, 2.24) is 20.6 Å². The first-order chi connectivity index (χ1) is 12.8. The smallest absolute Gasteiger partial charge is 0.223 e. The third kappa shape index (κ3) is 5.59. The summed E-state index contributed by atoms with van der Waals surface area (Å²) in [7, 11) is 1.88. The summed E-state index contributed by atoms with van der Waals surface area (Å²) >= 11 is 0. The maximum absolute atomic E-state index is 9.61. The molecule has 6 nitrogen and oxygen atoms in total. The highest BCUT2D eigenvalue weighted by molar-refractivity contribution is 5.80. The largest absolute Gasteiger partial charge is 0.394 e. The molecule has 6 heteroatoms. The molecule has 0 unspecified atom stereocenters. The molecule has 2 heterocycles. The molecule has 142 valence electrons. The molecule has 1 aromatic rings. The summed E-state index contributed by atoms with van der Waals surface area (Å²) in [5.41, 5.74) is 3.21. The minimum Gasteiger partial charge on any atom is -0.394 e. The Morgan fingerprint density at radius 3 is 2.73 bits per heavy atom. The monoisotopic (exact) mass is 357 g/mol. The van der Waals surface area contributed by atoms with E-state index in [-0.39, 0.29) is 6.10 Å². The van der Waals surface area contributed by atoms with Gasteiger partial charge < -0.3 is 21.1 Å². The molecule has 4 N–H and O–H groups in total. The van der Waals surface area contributed by atoms with Crippen LogP contribution in [0.2, 0.25) is 0 Å². The molecule has 3 rings (SSSR count). The molecule has 1 aromatic heterocycles. The molecule has 1 aliphatic heterocycles. The van der Waals surface area contributed by atoms with E-state index in [9.17, 15) is 5.11 Å². The van der Waals surface area contributed by atoms with E-state index in [1.54, 1.807) is 6.20 Å². The minimum atomic E-state index is -0.150. The Bertz CT molecular complexity index is 645. The van der Waals surface area contributed by atoms with Gasteiger partial charge in [0.1, 0.15) is 0 Å². The van der Waals surface area contributed by atoms with Crippen molar-refractivity contribution >= 4 is 11.5 Å². The number of hydrogen-bond donors (Lipinski definition) is 4. The van der Waals surface area contributed by atoms with Crippen molar-refractivity contribution in [3.8, 4) is 0 Å². The lowest BCUT2D eigenvalue weighted by molar-refractivity contribution is 0.126. The second kappa shape index (κ2) is 10.6. The van der Waals surface area contributed by atoms with Crippen molar-refractivity contribution in [1.29, 1.82) is 0 Å². The summed E-state index contributed by atoms with van der Waals surface area (Å²) < 4.78 is 0. The maximum Gasteiger partial charge on any atom is 0.223 e. The standard InChI is InChI=1S/C18H25N5O.C2H6/c1-19-9-2-3-13-11-20-12-16(13)17-8-10-21-18(23-17)22-14-4-6-15(24)7-5-14;1-2/h2-3,8-10,12,14-15,19-20,24H,4-7,11H2,1H3,(H,21,22,23);1-2H3/b9-2-,13-3+;. The number of nitrogens with zero attached hydrogens (tertiary/aromatic N) is 2. The Morgan fingerprint density at radius 2 is 2.00 bits per heavy atom. The first kappa shape index (κ1) is 20.0. The highest BCUT2D eigenvalue weighted by Gasteiger charge is 2.20. The number of allylic oxidation sites excluding steroid dienone is 2. The summed E-state index contributed by atoms with van der Waals surface area (Å²) in [6.45, 7) is 4.80. The highest BCUT2D eigenvalue weighted by atomic mass is 16.3.